The van der Waals surface area contributed by atoms with Crippen LogP contribution in [0.4, 0.5) is 0 Å². The Labute approximate surface area is 117 Å². The first kappa shape index (κ1) is 12.6. The van der Waals surface area contributed by atoms with E-state index in [-0.39, 0.29) is 5.78 Å². The Morgan fingerprint density at radius 3 is 2.24 bits per heavy atom. The second kappa shape index (κ2) is 5.21. The number of halogens is 3. The molecule has 0 heterocycles. The predicted molar refractivity (Wildman–Crippen MR) is 74.0 cm³/mol. The maximum atomic E-state index is 12.2. The van der Waals surface area contributed by atoms with Gasteiger partial charge in [-0.3, -0.25) is 4.79 Å². The first-order valence-corrected chi connectivity index (χ1v) is 6.39. The maximum absolute atomic E-state index is 12.2. The van der Waals surface area contributed by atoms with Crippen LogP contribution < -0.4 is 0 Å². The molecule has 2 aromatic rings. The fourth-order valence-electron chi connectivity index (χ4n) is 1.46. The van der Waals surface area contributed by atoms with Crippen LogP contribution in [-0.4, -0.2) is 5.78 Å². The second-order valence-corrected chi connectivity index (χ2v) is 5.16. The van der Waals surface area contributed by atoms with Crippen molar-refractivity contribution in [2.24, 2.45) is 0 Å². The Kier molecular flexibility index (Phi) is 3.87. The van der Waals surface area contributed by atoms with Crippen LogP contribution >= 0.6 is 39.1 Å². The maximum Gasteiger partial charge on any atom is 0.196 e. The zero-order valence-corrected chi connectivity index (χ0v) is 11.7. The fourth-order valence-corrected chi connectivity index (χ4v) is 2.44. The highest BCUT2D eigenvalue weighted by molar-refractivity contribution is 9.10. The van der Waals surface area contributed by atoms with Gasteiger partial charge in [0.25, 0.3) is 0 Å². The van der Waals surface area contributed by atoms with Gasteiger partial charge in [-0.1, -0.05) is 51.3 Å². The van der Waals surface area contributed by atoms with Crippen LogP contribution in [0.25, 0.3) is 0 Å². The van der Waals surface area contributed by atoms with Gasteiger partial charge in [-0.25, -0.2) is 0 Å². The van der Waals surface area contributed by atoms with Crippen molar-refractivity contribution in [2.75, 3.05) is 0 Å². The molecule has 1 nitrogen and oxygen atoms in total. The van der Waals surface area contributed by atoms with Gasteiger partial charge in [0, 0.05) is 15.6 Å². The lowest BCUT2D eigenvalue weighted by Crippen LogP contribution is -2.02. The first-order chi connectivity index (χ1) is 8.09. The molecule has 0 saturated heterocycles. The quantitative estimate of drug-likeness (QED) is 0.709. The number of ketones is 1. The minimum absolute atomic E-state index is 0.173. The third-order valence-corrected chi connectivity index (χ3v) is 3.43. The van der Waals surface area contributed by atoms with Crippen molar-refractivity contribution in [3.63, 3.8) is 0 Å². The lowest BCUT2D eigenvalue weighted by molar-refractivity contribution is 0.103. The van der Waals surface area contributed by atoms with Crippen LogP contribution in [0.2, 0.25) is 10.0 Å². The molecule has 0 saturated carbocycles. The summed E-state index contributed by atoms with van der Waals surface area (Å²) in [5, 5.41) is 0.834. The minimum atomic E-state index is -0.173. The Morgan fingerprint density at radius 2 is 1.59 bits per heavy atom. The highest BCUT2D eigenvalue weighted by atomic mass is 79.9. The molecule has 0 spiro atoms. The molecule has 0 fully saturated rings. The van der Waals surface area contributed by atoms with Crippen LogP contribution in [0, 0.1) is 0 Å². The molecule has 2 rings (SSSR count). The monoisotopic (exact) mass is 328 g/mol. The summed E-state index contributed by atoms with van der Waals surface area (Å²) >= 11 is 15.3. The van der Waals surface area contributed by atoms with E-state index in [4.69, 9.17) is 23.2 Å². The molecule has 0 bridgehead atoms. The smallest absolute Gasteiger partial charge is 0.196 e. The molecular formula is C13H7BrCl2O. The van der Waals surface area contributed by atoms with Crippen molar-refractivity contribution in [1.82, 2.24) is 0 Å². The van der Waals surface area contributed by atoms with Crippen LogP contribution in [0.5, 0.6) is 0 Å². The predicted octanol–water partition coefficient (Wildman–Crippen LogP) is 4.99. The van der Waals surface area contributed by atoms with Crippen LogP contribution in [0.1, 0.15) is 15.9 Å². The summed E-state index contributed by atoms with van der Waals surface area (Å²) in [6, 6.07) is 12.1. The van der Waals surface area contributed by atoms with Crippen molar-refractivity contribution in [2.45, 2.75) is 0 Å². The standard InChI is InChI=1S/C13H7BrCl2O/c14-8-5-6-10(12(16)7-8)13(17)9-3-1-2-4-11(9)15/h1-7H. The summed E-state index contributed by atoms with van der Waals surface area (Å²) < 4.78 is 0.832. The van der Waals surface area contributed by atoms with E-state index in [2.05, 4.69) is 15.9 Å². The van der Waals surface area contributed by atoms with Crippen molar-refractivity contribution in [1.29, 1.82) is 0 Å². The Hall–Kier alpha value is -0.830. The molecule has 86 valence electrons. The summed E-state index contributed by atoms with van der Waals surface area (Å²) in [6.07, 6.45) is 0. The van der Waals surface area contributed by atoms with Crippen molar-refractivity contribution < 1.29 is 4.79 Å². The molecule has 0 radical (unpaired) electrons. The highest BCUT2D eigenvalue weighted by Crippen LogP contribution is 2.26. The third-order valence-electron chi connectivity index (χ3n) is 2.29. The van der Waals surface area contributed by atoms with Gasteiger partial charge in [0.1, 0.15) is 0 Å². The van der Waals surface area contributed by atoms with E-state index >= 15 is 0 Å². The molecule has 0 unspecified atom stereocenters. The highest BCUT2D eigenvalue weighted by Gasteiger charge is 2.15. The molecule has 0 aliphatic heterocycles. The van der Waals surface area contributed by atoms with Gasteiger partial charge in [0.15, 0.2) is 5.78 Å². The van der Waals surface area contributed by atoms with E-state index < -0.39 is 0 Å². The Bertz CT molecular complexity index is 581. The van der Waals surface area contributed by atoms with E-state index in [9.17, 15) is 4.79 Å². The normalized spacial score (nSPS) is 10.3. The molecule has 0 aliphatic carbocycles. The minimum Gasteiger partial charge on any atom is -0.288 e. The lowest BCUT2D eigenvalue weighted by Gasteiger charge is -2.05. The molecule has 4 heteroatoms. The van der Waals surface area contributed by atoms with Gasteiger partial charge in [-0.15, -0.1) is 0 Å². The topological polar surface area (TPSA) is 17.1 Å². The zero-order chi connectivity index (χ0) is 12.4. The van der Waals surface area contributed by atoms with Gasteiger partial charge in [-0.2, -0.15) is 0 Å². The summed E-state index contributed by atoms with van der Waals surface area (Å²) in [7, 11) is 0. The van der Waals surface area contributed by atoms with Gasteiger partial charge >= 0.3 is 0 Å². The molecule has 0 amide bonds. The number of carbonyl (C=O) groups is 1. The molecule has 0 aliphatic rings. The molecular weight excluding hydrogens is 323 g/mol. The Balaban J connectivity index is 2.48. The summed E-state index contributed by atoms with van der Waals surface area (Å²) in [5.41, 5.74) is 0.904. The average molecular weight is 330 g/mol. The van der Waals surface area contributed by atoms with Crippen molar-refractivity contribution in [3.8, 4) is 0 Å². The van der Waals surface area contributed by atoms with Gasteiger partial charge < -0.3 is 0 Å². The number of benzene rings is 2. The van der Waals surface area contributed by atoms with Gasteiger partial charge in [0.2, 0.25) is 0 Å². The third kappa shape index (κ3) is 2.71. The Morgan fingerprint density at radius 1 is 0.941 bits per heavy atom. The van der Waals surface area contributed by atoms with Crippen molar-refractivity contribution in [3.05, 3.63) is 68.1 Å². The molecule has 0 atom stereocenters. The summed E-state index contributed by atoms with van der Waals surface area (Å²) in [4.78, 5) is 12.2. The number of carbonyl (C=O) groups excluding carboxylic acids is 1. The van der Waals surface area contributed by atoms with Gasteiger partial charge in [-0.05, 0) is 30.3 Å². The largest absolute Gasteiger partial charge is 0.288 e. The number of hydrogen-bond donors (Lipinski definition) is 0. The lowest BCUT2D eigenvalue weighted by atomic mass is 10.0. The van der Waals surface area contributed by atoms with E-state index in [1.54, 1.807) is 42.5 Å². The fraction of sp³-hybridized carbons (Fsp3) is 0. The average Bonchev–Trinajstić information content (AvgIpc) is 2.29. The SMILES string of the molecule is O=C(c1ccccc1Cl)c1ccc(Br)cc1Cl. The summed E-state index contributed by atoms with van der Waals surface area (Å²) in [5.74, 6) is -0.173. The van der Waals surface area contributed by atoms with E-state index in [1.165, 1.54) is 0 Å². The molecule has 17 heavy (non-hydrogen) atoms. The van der Waals surface area contributed by atoms with Crippen molar-refractivity contribution >= 4 is 44.9 Å². The van der Waals surface area contributed by atoms with Gasteiger partial charge in [0.05, 0.1) is 10.0 Å². The zero-order valence-electron chi connectivity index (χ0n) is 8.58. The number of hydrogen-bond acceptors (Lipinski definition) is 1. The van der Waals surface area contributed by atoms with E-state index in [1.807, 2.05) is 0 Å². The van der Waals surface area contributed by atoms with E-state index in [0.717, 1.165) is 4.47 Å². The van der Waals surface area contributed by atoms with E-state index in [0.29, 0.717) is 21.2 Å². The van der Waals surface area contributed by atoms with Crippen LogP contribution in [0.15, 0.2) is 46.9 Å². The molecule has 0 aromatic heterocycles. The molecule has 2 aromatic carbocycles. The first-order valence-electron chi connectivity index (χ1n) is 4.84. The second-order valence-electron chi connectivity index (χ2n) is 3.43. The summed E-state index contributed by atoms with van der Waals surface area (Å²) in [6.45, 7) is 0. The van der Waals surface area contributed by atoms with Crippen LogP contribution in [-0.2, 0) is 0 Å². The molecule has 0 N–H and O–H groups in total. The number of rotatable bonds is 2. The van der Waals surface area contributed by atoms with Crippen LogP contribution in [0.3, 0.4) is 0 Å².